The highest BCUT2D eigenvalue weighted by Gasteiger charge is 2.37. The second-order valence-electron chi connectivity index (χ2n) is 5.83. The van der Waals surface area contributed by atoms with Gasteiger partial charge >= 0.3 is 5.97 Å². The molecule has 110 valence electrons. The van der Waals surface area contributed by atoms with Crippen LogP contribution < -0.4 is 0 Å². The van der Waals surface area contributed by atoms with E-state index in [0.29, 0.717) is 12.5 Å². The van der Waals surface area contributed by atoms with Gasteiger partial charge in [0.25, 0.3) is 0 Å². The summed E-state index contributed by atoms with van der Waals surface area (Å²) >= 11 is 0. The predicted octanol–water partition coefficient (Wildman–Crippen LogP) is 2.77. The van der Waals surface area contributed by atoms with Crippen LogP contribution in [0.4, 0.5) is 0 Å². The minimum absolute atomic E-state index is 0.00315. The molecule has 0 saturated heterocycles. The van der Waals surface area contributed by atoms with Crippen molar-refractivity contribution in [2.45, 2.75) is 59.4 Å². The zero-order chi connectivity index (χ0) is 14.6. The highest BCUT2D eigenvalue weighted by molar-refractivity contribution is 5.80. The van der Waals surface area contributed by atoms with Crippen LogP contribution in [-0.2, 0) is 9.59 Å². The van der Waals surface area contributed by atoms with Gasteiger partial charge in [-0.15, -0.1) is 0 Å². The van der Waals surface area contributed by atoms with Gasteiger partial charge in [0.05, 0.1) is 5.92 Å². The number of carbonyl (C=O) groups is 2. The van der Waals surface area contributed by atoms with E-state index in [9.17, 15) is 9.59 Å². The van der Waals surface area contributed by atoms with Crippen molar-refractivity contribution in [1.29, 1.82) is 0 Å². The first kappa shape index (κ1) is 16.0. The molecule has 1 aliphatic carbocycles. The molecule has 0 aliphatic heterocycles. The third-order valence-corrected chi connectivity index (χ3v) is 4.31. The minimum atomic E-state index is -0.825. The maximum Gasteiger partial charge on any atom is 0.308 e. The first-order chi connectivity index (χ1) is 8.92. The largest absolute Gasteiger partial charge is 0.481 e. The van der Waals surface area contributed by atoms with E-state index >= 15 is 0 Å². The lowest BCUT2D eigenvalue weighted by Crippen LogP contribution is -2.43. The lowest BCUT2D eigenvalue weighted by atomic mass is 9.88. The maximum absolute atomic E-state index is 12.6. The van der Waals surface area contributed by atoms with Crippen molar-refractivity contribution >= 4 is 11.9 Å². The fourth-order valence-corrected chi connectivity index (χ4v) is 2.64. The van der Waals surface area contributed by atoms with Gasteiger partial charge < -0.3 is 10.0 Å². The fourth-order valence-electron chi connectivity index (χ4n) is 2.64. The summed E-state index contributed by atoms with van der Waals surface area (Å²) in [6.07, 6.45) is 4.04. The molecule has 1 fully saturated rings. The molecule has 2 atom stereocenters. The molecule has 4 heteroatoms. The molecule has 1 amide bonds. The molecule has 1 N–H and O–H groups in total. The van der Waals surface area contributed by atoms with E-state index in [4.69, 9.17) is 5.11 Å². The molecule has 1 aliphatic rings. The molecule has 2 unspecified atom stereocenters. The van der Waals surface area contributed by atoms with Crippen molar-refractivity contribution in [3.05, 3.63) is 0 Å². The molecule has 0 aromatic carbocycles. The zero-order valence-corrected chi connectivity index (χ0v) is 12.6. The second-order valence-corrected chi connectivity index (χ2v) is 5.83. The lowest BCUT2D eigenvalue weighted by Gasteiger charge is -2.30. The molecule has 0 spiro atoms. The number of aliphatic carboxylic acids is 1. The van der Waals surface area contributed by atoms with E-state index in [0.717, 1.165) is 25.7 Å². The van der Waals surface area contributed by atoms with Crippen molar-refractivity contribution in [3.8, 4) is 0 Å². The molecule has 0 bridgehead atoms. The van der Waals surface area contributed by atoms with Gasteiger partial charge in [0.1, 0.15) is 0 Å². The minimum Gasteiger partial charge on any atom is -0.481 e. The Balaban J connectivity index is 2.70. The Morgan fingerprint density at radius 2 is 1.74 bits per heavy atom. The Morgan fingerprint density at radius 1 is 1.21 bits per heavy atom. The van der Waals surface area contributed by atoms with Gasteiger partial charge in [0.15, 0.2) is 0 Å². The number of hydrogen-bond donors (Lipinski definition) is 1. The number of rotatable bonds is 8. The number of carbonyl (C=O) groups excluding carboxylic acids is 1. The summed E-state index contributed by atoms with van der Waals surface area (Å²) in [4.78, 5) is 25.4. The Bertz CT molecular complexity index is 321. The molecular weight excluding hydrogens is 242 g/mol. The van der Waals surface area contributed by atoms with E-state index < -0.39 is 11.9 Å². The Hall–Kier alpha value is -1.06. The first-order valence-electron chi connectivity index (χ1n) is 7.45. The predicted molar refractivity (Wildman–Crippen MR) is 74.8 cm³/mol. The van der Waals surface area contributed by atoms with Crippen LogP contribution in [0.5, 0.6) is 0 Å². The van der Waals surface area contributed by atoms with Gasteiger partial charge in [-0.1, -0.05) is 40.5 Å². The number of amides is 1. The topological polar surface area (TPSA) is 57.6 Å². The highest BCUT2D eigenvalue weighted by atomic mass is 16.4. The van der Waals surface area contributed by atoms with Crippen LogP contribution >= 0.6 is 0 Å². The van der Waals surface area contributed by atoms with Crippen LogP contribution in [0.3, 0.4) is 0 Å². The molecule has 4 nitrogen and oxygen atoms in total. The van der Waals surface area contributed by atoms with Crippen LogP contribution in [0.2, 0.25) is 0 Å². The summed E-state index contributed by atoms with van der Waals surface area (Å²) in [5.41, 5.74) is 0. The summed E-state index contributed by atoms with van der Waals surface area (Å²) in [6.45, 7) is 8.23. The van der Waals surface area contributed by atoms with E-state index in [-0.39, 0.29) is 17.9 Å². The van der Waals surface area contributed by atoms with Crippen molar-refractivity contribution in [2.24, 2.45) is 17.8 Å². The number of nitrogens with zero attached hydrogens (tertiary/aromatic N) is 1. The van der Waals surface area contributed by atoms with Crippen molar-refractivity contribution < 1.29 is 14.7 Å². The summed E-state index contributed by atoms with van der Waals surface area (Å²) in [5, 5.41) is 9.02. The van der Waals surface area contributed by atoms with Gasteiger partial charge in [-0.2, -0.15) is 0 Å². The molecular formula is C15H27NO3. The summed E-state index contributed by atoms with van der Waals surface area (Å²) in [5.74, 6) is -0.776. The normalized spacial score (nSPS) is 18.2. The summed E-state index contributed by atoms with van der Waals surface area (Å²) < 4.78 is 0. The highest BCUT2D eigenvalue weighted by Crippen LogP contribution is 2.31. The lowest BCUT2D eigenvalue weighted by molar-refractivity contribution is -0.144. The number of carboxylic acids is 1. The van der Waals surface area contributed by atoms with Crippen LogP contribution in [0.25, 0.3) is 0 Å². The Labute approximate surface area is 116 Å². The smallest absolute Gasteiger partial charge is 0.308 e. The third kappa shape index (κ3) is 4.22. The van der Waals surface area contributed by atoms with E-state index in [2.05, 4.69) is 13.8 Å². The molecule has 0 aromatic heterocycles. The van der Waals surface area contributed by atoms with Gasteiger partial charge in [0, 0.05) is 18.5 Å². The SMILES string of the molecule is CCC(CC)C(C)C(=O)N(CC(C)C(=O)O)C1CC1. The zero-order valence-electron chi connectivity index (χ0n) is 12.6. The monoisotopic (exact) mass is 269 g/mol. The van der Waals surface area contributed by atoms with E-state index in [1.165, 1.54) is 0 Å². The van der Waals surface area contributed by atoms with Crippen LogP contribution in [0, 0.1) is 17.8 Å². The second kappa shape index (κ2) is 6.92. The molecule has 1 rings (SSSR count). The van der Waals surface area contributed by atoms with Crippen molar-refractivity contribution in [1.82, 2.24) is 4.90 Å². The molecule has 0 heterocycles. The Kier molecular flexibility index (Phi) is 5.83. The summed E-state index contributed by atoms with van der Waals surface area (Å²) in [6, 6.07) is 0.283. The average Bonchev–Trinajstić information content (AvgIpc) is 3.20. The van der Waals surface area contributed by atoms with E-state index in [1.807, 2.05) is 11.8 Å². The molecule has 19 heavy (non-hydrogen) atoms. The standard InChI is InChI=1S/C15H27NO3/c1-5-12(6-2)11(4)14(17)16(13-7-8-13)9-10(3)15(18)19/h10-13H,5-9H2,1-4H3,(H,18,19). The molecule has 0 aromatic rings. The quantitative estimate of drug-likeness (QED) is 0.737. The average molecular weight is 269 g/mol. The van der Waals surface area contributed by atoms with Crippen molar-refractivity contribution in [3.63, 3.8) is 0 Å². The molecule has 1 saturated carbocycles. The van der Waals surface area contributed by atoms with Crippen molar-refractivity contribution in [2.75, 3.05) is 6.54 Å². The van der Waals surface area contributed by atoms with E-state index in [1.54, 1.807) is 6.92 Å². The van der Waals surface area contributed by atoms with Crippen LogP contribution in [0.1, 0.15) is 53.4 Å². The Morgan fingerprint density at radius 3 is 2.11 bits per heavy atom. The molecule has 0 radical (unpaired) electrons. The van der Waals surface area contributed by atoms with Crippen LogP contribution in [0.15, 0.2) is 0 Å². The first-order valence-corrected chi connectivity index (χ1v) is 7.45. The van der Waals surface area contributed by atoms with Crippen LogP contribution in [-0.4, -0.2) is 34.5 Å². The fraction of sp³-hybridized carbons (Fsp3) is 0.867. The van der Waals surface area contributed by atoms with Gasteiger partial charge in [-0.3, -0.25) is 9.59 Å². The number of hydrogen-bond acceptors (Lipinski definition) is 2. The summed E-state index contributed by atoms with van der Waals surface area (Å²) in [7, 11) is 0. The number of carboxylic acid groups (broad SMARTS) is 1. The maximum atomic E-state index is 12.6. The van der Waals surface area contributed by atoms with Gasteiger partial charge in [-0.05, 0) is 18.8 Å². The third-order valence-electron chi connectivity index (χ3n) is 4.31. The van der Waals surface area contributed by atoms with Gasteiger partial charge in [0.2, 0.25) is 5.91 Å². The van der Waals surface area contributed by atoms with Gasteiger partial charge in [-0.25, -0.2) is 0 Å².